The Morgan fingerprint density at radius 1 is 1.40 bits per heavy atom. The summed E-state index contributed by atoms with van der Waals surface area (Å²) in [6.07, 6.45) is 2.74. The van der Waals surface area contributed by atoms with E-state index in [-0.39, 0.29) is 0 Å². The Kier molecular flexibility index (Phi) is 4.15. The average molecular weight is 277 g/mol. The monoisotopic (exact) mass is 277 g/mol. The maximum atomic E-state index is 6.00. The highest BCUT2D eigenvalue weighted by molar-refractivity contribution is 5.20. The summed E-state index contributed by atoms with van der Waals surface area (Å²) in [4.78, 5) is 5.26. The predicted octanol–water partition coefficient (Wildman–Crippen LogP) is 1.98. The van der Waals surface area contributed by atoms with Crippen molar-refractivity contribution >= 4 is 0 Å². The van der Waals surface area contributed by atoms with Gasteiger partial charge in [0.05, 0.1) is 13.1 Å². The van der Waals surface area contributed by atoms with Crippen molar-refractivity contribution in [1.29, 1.82) is 0 Å². The summed E-state index contributed by atoms with van der Waals surface area (Å²) in [5, 5.41) is 3.17. The molecule has 1 aromatic rings. The Bertz CT molecular complexity index is 457. The summed E-state index contributed by atoms with van der Waals surface area (Å²) in [6.45, 7) is 9.97. The molecule has 2 atom stereocenters. The summed E-state index contributed by atoms with van der Waals surface area (Å²) in [7, 11) is 1.96. The van der Waals surface area contributed by atoms with Gasteiger partial charge in [-0.15, -0.1) is 0 Å². The molecule has 2 unspecified atom stereocenters. The summed E-state index contributed by atoms with van der Waals surface area (Å²) < 4.78 is 6.00. The van der Waals surface area contributed by atoms with E-state index in [1.807, 2.05) is 7.05 Å². The Morgan fingerprint density at radius 3 is 3.05 bits per heavy atom. The molecule has 0 aliphatic carbocycles. The lowest BCUT2D eigenvalue weighted by Gasteiger charge is -2.41. The summed E-state index contributed by atoms with van der Waals surface area (Å²) in [6, 6.07) is 3.61. The van der Waals surface area contributed by atoms with Gasteiger partial charge in [0.15, 0.2) is 0 Å². The maximum absolute atomic E-state index is 6.00. The van der Waals surface area contributed by atoms with Crippen molar-refractivity contribution in [2.24, 2.45) is 0 Å². The number of piperazine rings is 1. The van der Waals surface area contributed by atoms with E-state index in [1.54, 1.807) is 0 Å². The van der Waals surface area contributed by atoms with E-state index >= 15 is 0 Å². The summed E-state index contributed by atoms with van der Waals surface area (Å²) in [5.74, 6) is 2.20. The van der Waals surface area contributed by atoms with Crippen molar-refractivity contribution in [3.8, 4) is 0 Å². The molecule has 0 radical (unpaired) electrons. The largest absolute Gasteiger partial charge is 0.463 e. The first kappa shape index (κ1) is 14.1. The fourth-order valence-electron chi connectivity index (χ4n) is 3.67. The third-order valence-electron chi connectivity index (χ3n) is 4.83. The molecule has 4 heteroatoms. The molecule has 3 heterocycles. The van der Waals surface area contributed by atoms with Crippen LogP contribution in [-0.2, 0) is 13.1 Å². The van der Waals surface area contributed by atoms with Crippen molar-refractivity contribution in [2.75, 3.05) is 26.7 Å². The second kappa shape index (κ2) is 5.88. The topological polar surface area (TPSA) is 31.7 Å². The second-order valence-electron chi connectivity index (χ2n) is 6.42. The van der Waals surface area contributed by atoms with Crippen LogP contribution in [0.2, 0.25) is 0 Å². The molecule has 2 aliphatic heterocycles. The van der Waals surface area contributed by atoms with Gasteiger partial charge >= 0.3 is 0 Å². The molecule has 0 bridgehead atoms. The van der Waals surface area contributed by atoms with Crippen molar-refractivity contribution in [3.63, 3.8) is 0 Å². The van der Waals surface area contributed by atoms with E-state index in [9.17, 15) is 0 Å². The molecule has 112 valence electrons. The van der Waals surface area contributed by atoms with Crippen molar-refractivity contribution in [3.05, 3.63) is 23.2 Å². The van der Waals surface area contributed by atoms with E-state index < -0.39 is 0 Å². The van der Waals surface area contributed by atoms with Crippen LogP contribution in [0, 0.1) is 6.92 Å². The molecule has 4 nitrogen and oxygen atoms in total. The molecular weight excluding hydrogens is 250 g/mol. The van der Waals surface area contributed by atoms with Gasteiger partial charge in [0.25, 0.3) is 0 Å². The quantitative estimate of drug-likeness (QED) is 0.912. The number of aryl methyl sites for hydroxylation is 1. The Morgan fingerprint density at radius 2 is 2.25 bits per heavy atom. The number of fused-ring (bicyclic) bond motifs is 1. The third kappa shape index (κ3) is 2.78. The number of nitrogens with zero attached hydrogens (tertiary/aromatic N) is 2. The minimum Gasteiger partial charge on any atom is -0.463 e. The van der Waals surface area contributed by atoms with Crippen LogP contribution >= 0.6 is 0 Å². The fourth-order valence-corrected chi connectivity index (χ4v) is 3.67. The normalized spacial score (nSPS) is 27.9. The standard InChI is InChI=1S/C16H27N3O/c1-12-7-15(20-16(12)8-17-3)11-19-10-14-5-4-6-18(14)9-13(19)2/h7,13-14,17H,4-6,8-11H2,1-3H3. The average Bonchev–Trinajstić information content (AvgIpc) is 2.98. The smallest absolute Gasteiger partial charge is 0.120 e. The van der Waals surface area contributed by atoms with E-state index in [0.717, 1.165) is 30.7 Å². The van der Waals surface area contributed by atoms with Gasteiger partial charge in [0, 0.05) is 25.2 Å². The molecular formula is C16H27N3O. The van der Waals surface area contributed by atoms with E-state index in [4.69, 9.17) is 4.42 Å². The fraction of sp³-hybridized carbons (Fsp3) is 0.750. The third-order valence-corrected chi connectivity index (χ3v) is 4.83. The number of hydrogen-bond donors (Lipinski definition) is 1. The van der Waals surface area contributed by atoms with Crippen LogP contribution in [0.15, 0.2) is 10.5 Å². The lowest BCUT2D eigenvalue weighted by atomic mass is 10.1. The number of furan rings is 1. The van der Waals surface area contributed by atoms with Crippen LogP contribution < -0.4 is 5.32 Å². The molecule has 0 spiro atoms. The molecule has 2 aliphatic rings. The minimum atomic E-state index is 0.627. The van der Waals surface area contributed by atoms with Gasteiger partial charge in [0.1, 0.15) is 11.5 Å². The van der Waals surface area contributed by atoms with Gasteiger partial charge in [-0.1, -0.05) is 0 Å². The Hall–Kier alpha value is -0.840. The molecule has 0 amide bonds. The summed E-state index contributed by atoms with van der Waals surface area (Å²) >= 11 is 0. The molecule has 2 saturated heterocycles. The molecule has 1 N–H and O–H groups in total. The zero-order valence-electron chi connectivity index (χ0n) is 13.0. The highest BCUT2D eigenvalue weighted by atomic mass is 16.3. The minimum absolute atomic E-state index is 0.627. The van der Waals surface area contributed by atoms with Crippen LogP contribution in [0.3, 0.4) is 0 Å². The number of nitrogens with one attached hydrogen (secondary N) is 1. The van der Waals surface area contributed by atoms with Crippen LogP contribution in [-0.4, -0.2) is 48.6 Å². The molecule has 3 rings (SSSR count). The predicted molar refractivity (Wildman–Crippen MR) is 80.7 cm³/mol. The maximum Gasteiger partial charge on any atom is 0.120 e. The first-order valence-corrected chi connectivity index (χ1v) is 7.88. The highest BCUT2D eigenvalue weighted by Gasteiger charge is 2.34. The van der Waals surface area contributed by atoms with Crippen molar-refractivity contribution < 1.29 is 4.42 Å². The van der Waals surface area contributed by atoms with E-state index in [1.165, 1.54) is 38.0 Å². The van der Waals surface area contributed by atoms with Gasteiger partial charge in [-0.3, -0.25) is 9.80 Å². The highest BCUT2D eigenvalue weighted by Crippen LogP contribution is 2.26. The van der Waals surface area contributed by atoms with Crippen LogP contribution in [0.1, 0.15) is 36.8 Å². The zero-order chi connectivity index (χ0) is 14.1. The summed E-state index contributed by atoms with van der Waals surface area (Å²) in [5.41, 5.74) is 1.27. The van der Waals surface area contributed by atoms with Gasteiger partial charge < -0.3 is 9.73 Å². The van der Waals surface area contributed by atoms with Gasteiger partial charge in [-0.25, -0.2) is 0 Å². The SMILES string of the molecule is CNCc1oc(CN2CC3CCCN3CC2C)cc1C. The van der Waals surface area contributed by atoms with Crippen molar-refractivity contribution in [2.45, 2.75) is 51.9 Å². The molecule has 0 aromatic carbocycles. The lowest BCUT2D eigenvalue weighted by molar-refractivity contribution is 0.0491. The molecule has 20 heavy (non-hydrogen) atoms. The van der Waals surface area contributed by atoms with Gasteiger partial charge in [0.2, 0.25) is 0 Å². The molecule has 0 saturated carbocycles. The number of rotatable bonds is 4. The number of hydrogen-bond acceptors (Lipinski definition) is 4. The van der Waals surface area contributed by atoms with E-state index in [0.29, 0.717) is 6.04 Å². The van der Waals surface area contributed by atoms with Crippen LogP contribution in [0.5, 0.6) is 0 Å². The van der Waals surface area contributed by atoms with E-state index in [2.05, 4.69) is 35.0 Å². The van der Waals surface area contributed by atoms with Crippen LogP contribution in [0.25, 0.3) is 0 Å². The van der Waals surface area contributed by atoms with Gasteiger partial charge in [-0.2, -0.15) is 0 Å². The Balaban J connectivity index is 1.66. The lowest BCUT2D eigenvalue weighted by Crippen LogP contribution is -2.54. The molecule has 2 fully saturated rings. The van der Waals surface area contributed by atoms with Crippen LogP contribution in [0.4, 0.5) is 0 Å². The first-order chi connectivity index (χ1) is 9.67. The van der Waals surface area contributed by atoms with Gasteiger partial charge in [-0.05, 0) is 51.9 Å². The van der Waals surface area contributed by atoms with Crippen molar-refractivity contribution in [1.82, 2.24) is 15.1 Å². The zero-order valence-corrected chi connectivity index (χ0v) is 13.0. The first-order valence-electron chi connectivity index (χ1n) is 7.88. The molecule has 1 aromatic heterocycles. The Labute approximate surface area is 122 Å². The second-order valence-corrected chi connectivity index (χ2v) is 6.42.